The van der Waals surface area contributed by atoms with Crippen LogP contribution in [-0.2, 0) is 6.54 Å². The zero-order valence-electron chi connectivity index (χ0n) is 13.8. The smallest absolute Gasteiger partial charge is 0.211 e. The van der Waals surface area contributed by atoms with Gasteiger partial charge in [0.25, 0.3) is 0 Å². The second kappa shape index (κ2) is 6.45. The lowest BCUT2D eigenvalue weighted by Gasteiger charge is -2.15. The topological polar surface area (TPSA) is 63.8 Å². The fourth-order valence-corrected chi connectivity index (χ4v) is 3.63. The van der Waals surface area contributed by atoms with Gasteiger partial charge in [0, 0.05) is 17.7 Å². The van der Waals surface area contributed by atoms with E-state index in [1.54, 1.807) is 11.8 Å². The molecule has 0 amide bonds. The molecular weight excluding hydrogens is 308 g/mol. The predicted molar refractivity (Wildman–Crippen MR) is 94.8 cm³/mol. The molecule has 0 saturated carbocycles. The minimum atomic E-state index is -0.665. The lowest BCUT2D eigenvalue weighted by Crippen LogP contribution is -2.19. The van der Waals surface area contributed by atoms with Gasteiger partial charge in [0.1, 0.15) is 5.52 Å². The fraction of sp³-hybridized carbons (Fsp3) is 0.471. The normalized spacial score (nSPS) is 12.3. The van der Waals surface area contributed by atoms with Crippen LogP contribution in [0.3, 0.4) is 0 Å². The molecule has 0 aliphatic heterocycles. The minimum Gasteiger partial charge on any atom is -0.390 e. The molecule has 6 heteroatoms. The van der Waals surface area contributed by atoms with E-state index in [9.17, 15) is 5.11 Å². The number of benzene rings is 1. The molecule has 0 aliphatic carbocycles. The molecule has 1 N–H and O–H groups in total. The van der Waals surface area contributed by atoms with Crippen LogP contribution < -0.4 is 0 Å². The molecule has 0 unspecified atom stereocenters. The predicted octanol–water partition coefficient (Wildman–Crippen LogP) is 3.64. The third-order valence-corrected chi connectivity index (χ3v) is 4.59. The first-order chi connectivity index (χ1) is 11.0. The van der Waals surface area contributed by atoms with Crippen molar-refractivity contribution in [2.75, 3.05) is 5.75 Å². The van der Waals surface area contributed by atoms with E-state index >= 15 is 0 Å². The van der Waals surface area contributed by atoms with Crippen molar-refractivity contribution in [2.45, 2.75) is 50.9 Å². The van der Waals surface area contributed by atoms with Gasteiger partial charge in [0.2, 0.25) is 5.16 Å². The lowest BCUT2D eigenvalue weighted by atomic mass is 10.1. The molecule has 2 aromatic heterocycles. The first kappa shape index (κ1) is 16.2. The number of aryl methyl sites for hydroxylation is 1. The maximum absolute atomic E-state index is 9.80. The first-order valence-corrected chi connectivity index (χ1v) is 8.95. The molecule has 1 aromatic carbocycles. The number of para-hydroxylation sites is 1. The summed E-state index contributed by atoms with van der Waals surface area (Å²) < 4.78 is 2.22. The molecule has 0 atom stereocenters. The third-order valence-electron chi connectivity index (χ3n) is 3.75. The van der Waals surface area contributed by atoms with E-state index in [1.807, 2.05) is 26.0 Å². The van der Waals surface area contributed by atoms with Crippen LogP contribution in [0.1, 0.15) is 33.6 Å². The van der Waals surface area contributed by atoms with Crippen LogP contribution in [0.4, 0.5) is 0 Å². The Bertz CT molecular complexity index is 822. The molecule has 23 heavy (non-hydrogen) atoms. The molecule has 2 heterocycles. The molecule has 0 spiro atoms. The van der Waals surface area contributed by atoms with E-state index in [4.69, 9.17) is 4.98 Å². The van der Waals surface area contributed by atoms with Crippen LogP contribution in [-0.4, -0.2) is 36.2 Å². The maximum atomic E-state index is 9.80. The van der Waals surface area contributed by atoms with Gasteiger partial charge in [-0.25, -0.2) is 4.98 Å². The number of nitrogens with zero attached hydrogens (tertiary/aromatic N) is 4. The van der Waals surface area contributed by atoms with Gasteiger partial charge in [-0.3, -0.25) is 0 Å². The summed E-state index contributed by atoms with van der Waals surface area (Å²) in [5.41, 5.74) is 2.25. The summed E-state index contributed by atoms with van der Waals surface area (Å²) in [4.78, 5) is 4.72. The van der Waals surface area contributed by atoms with E-state index < -0.39 is 5.60 Å². The van der Waals surface area contributed by atoms with Crippen molar-refractivity contribution in [3.63, 3.8) is 0 Å². The van der Waals surface area contributed by atoms with E-state index in [2.05, 4.69) is 33.8 Å². The van der Waals surface area contributed by atoms with E-state index in [1.165, 1.54) is 0 Å². The Hall–Kier alpha value is -1.66. The number of fused-ring (bicyclic) bond motifs is 3. The number of rotatable bonds is 6. The summed E-state index contributed by atoms with van der Waals surface area (Å²) in [6.45, 7) is 6.70. The van der Waals surface area contributed by atoms with Crippen LogP contribution in [0.15, 0.2) is 29.4 Å². The number of thioether (sulfide) groups is 1. The number of hydrogen-bond acceptors (Lipinski definition) is 5. The number of aromatic nitrogens is 4. The highest BCUT2D eigenvalue weighted by molar-refractivity contribution is 7.99. The van der Waals surface area contributed by atoms with Crippen molar-refractivity contribution in [1.29, 1.82) is 0 Å². The Balaban J connectivity index is 1.98. The Labute approximate surface area is 140 Å². The number of hydrogen-bond donors (Lipinski definition) is 1. The molecule has 122 valence electrons. The van der Waals surface area contributed by atoms with E-state index in [0.29, 0.717) is 11.6 Å². The second-order valence-electron chi connectivity index (χ2n) is 6.35. The highest BCUT2D eigenvalue weighted by Crippen LogP contribution is 2.27. The molecule has 5 nitrogen and oxygen atoms in total. The van der Waals surface area contributed by atoms with Gasteiger partial charge in [-0.05, 0) is 32.8 Å². The summed E-state index contributed by atoms with van der Waals surface area (Å²) in [5, 5.41) is 20.2. The van der Waals surface area contributed by atoms with Gasteiger partial charge in [-0.1, -0.05) is 36.9 Å². The summed E-state index contributed by atoms with van der Waals surface area (Å²) in [7, 11) is 0. The quantitative estimate of drug-likeness (QED) is 0.699. The van der Waals surface area contributed by atoms with Gasteiger partial charge in [-0.15, -0.1) is 10.2 Å². The van der Waals surface area contributed by atoms with E-state index in [-0.39, 0.29) is 0 Å². The van der Waals surface area contributed by atoms with Crippen molar-refractivity contribution >= 4 is 33.8 Å². The average molecular weight is 330 g/mol. The summed E-state index contributed by atoms with van der Waals surface area (Å²) >= 11 is 1.54. The van der Waals surface area contributed by atoms with Crippen molar-refractivity contribution < 1.29 is 5.11 Å². The fourth-order valence-electron chi connectivity index (χ4n) is 2.59. The van der Waals surface area contributed by atoms with Crippen LogP contribution in [0, 0.1) is 0 Å². The van der Waals surface area contributed by atoms with Gasteiger partial charge in [-0.2, -0.15) is 0 Å². The largest absolute Gasteiger partial charge is 0.390 e. The van der Waals surface area contributed by atoms with E-state index in [0.717, 1.165) is 40.8 Å². The third kappa shape index (κ3) is 3.48. The first-order valence-electron chi connectivity index (χ1n) is 7.96. The van der Waals surface area contributed by atoms with Crippen LogP contribution >= 0.6 is 11.8 Å². The Morgan fingerprint density at radius 2 is 2.00 bits per heavy atom. The maximum Gasteiger partial charge on any atom is 0.211 e. The molecular formula is C17H22N4OS. The molecule has 0 radical (unpaired) electrons. The van der Waals surface area contributed by atoms with Gasteiger partial charge < -0.3 is 9.67 Å². The average Bonchev–Trinajstić information content (AvgIpc) is 2.81. The lowest BCUT2D eigenvalue weighted by molar-refractivity contribution is 0.0777. The van der Waals surface area contributed by atoms with Gasteiger partial charge in [0.15, 0.2) is 5.65 Å². The van der Waals surface area contributed by atoms with Crippen molar-refractivity contribution in [2.24, 2.45) is 0 Å². The molecule has 0 fully saturated rings. The van der Waals surface area contributed by atoms with Crippen molar-refractivity contribution in [1.82, 2.24) is 19.7 Å². The molecule has 0 aliphatic rings. The molecule has 3 rings (SSSR count). The van der Waals surface area contributed by atoms with Crippen LogP contribution in [0.25, 0.3) is 22.1 Å². The zero-order chi connectivity index (χ0) is 16.4. The van der Waals surface area contributed by atoms with Gasteiger partial charge >= 0.3 is 0 Å². The van der Waals surface area contributed by atoms with Crippen LogP contribution in [0.5, 0.6) is 0 Å². The summed E-state index contributed by atoms with van der Waals surface area (Å²) in [6.07, 6.45) is 1.73. The highest BCUT2D eigenvalue weighted by atomic mass is 32.2. The van der Waals surface area contributed by atoms with Crippen molar-refractivity contribution in [3.8, 4) is 0 Å². The Morgan fingerprint density at radius 3 is 2.74 bits per heavy atom. The molecule has 0 saturated heterocycles. The summed E-state index contributed by atoms with van der Waals surface area (Å²) in [5.74, 6) is 0.769. The minimum absolute atomic E-state index is 0.665. The number of aliphatic hydroxyl groups is 1. The summed E-state index contributed by atoms with van der Waals surface area (Å²) in [6, 6.07) is 8.24. The monoisotopic (exact) mass is 330 g/mol. The zero-order valence-corrected chi connectivity index (χ0v) is 14.6. The second-order valence-corrected chi connectivity index (χ2v) is 7.41. The van der Waals surface area contributed by atoms with Crippen molar-refractivity contribution in [3.05, 3.63) is 24.3 Å². The van der Waals surface area contributed by atoms with Crippen LogP contribution in [0.2, 0.25) is 0 Å². The molecule has 0 bridgehead atoms. The molecule has 3 aromatic rings. The Kier molecular flexibility index (Phi) is 4.55. The standard InChI is InChI=1S/C17H22N4OS/c1-4-10-21-13-8-6-5-7-12(13)14-15(21)18-16(20-19-14)23-11-9-17(2,3)22/h5-8,22H,4,9-11H2,1-3H3. The highest BCUT2D eigenvalue weighted by Gasteiger charge is 2.16. The Morgan fingerprint density at radius 1 is 1.22 bits per heavy atom. The SMILES string of the molecule is CCCn1c2ccccc2c2nnc(SCCC(C)(C)O)nc21. The van der Waals surface area contributed by atoms with Gasteiger partial charge in [0.05, 0.1) is 11.1 Å².